The highest BCUT2D eigenvalue weighted by Gasteiger charge is 2.46. The van der Waals surface area contributed by atoms with Gasteiger partial charge in [-0.1, -0.05) is 0 Å². The summed E-state index contributed by atoms with van der Waals surface area (Å²) in [6.07, 6.45) is 2.87. The smallest absolute Gasteiger partial charge is 0.345 e. The van der Waals surface area contributed by atoms with Crippen LogP contribution in [0.4, 0.5) is 5.69 Å². The molecule has 1 amide bonds. The Kier molecular flexibility index (Phi) is 4.13. The molecule has 0 bridgehead atoms. The first-order chi connectivity index (χ1) is 11.2. The number of sulfone groups is 1. The van der Waals surface area contributed by atoms with Gasteiger partial charge in [-0.05, 0) is 47.9 Å². The molecule has 1 fully saturated rings. The number of anilines is 1. The van der Waals surface area contributed by atoms with Crippen LogP contribution >= 0.6 is 11.3 Å². The van der Waals surface area contributed by atoms with Crippen molar-refractivity contribution in [3.8, 4) is 0 Å². The minimum Gasteiger partial charge on any atom is -0.477 e. The van der Waals surface area contributed by atoms with Gasteiger partial charge in [0.05, 0.1) is 5.75 Å². The van der Waals surface area contributed by atoms with E-state index in [4.69, 9.17) is 5.11 Å². The fourth-order valence-electron chi connectivity index (χ4n) is 2.88. The maximum Gasteiger partial charge on any atom is 0.345 e. The molecular weight excluding hydrogens is 350 g/mol. The molecule has 0 spiro atoms. The molecule has 2 aromatic rings. The quantitative estimate of drug-likeness (QED) is 0.818. The largest absolute Gasteiger partial charge is 0.477 e. The Hall–Kier alpha value is -1.93. The van der Waals surface area contributed by atoms with E-state index in [1.54, 1.807) is 24.3 Å². The number of carboxylic acid groups (broad SMARTS) is 1. The summed E-state index contributed by atoms with van der Waals surface area (Å²) in [7, 11) is -3.11. The number of benzene rings is 1. The highest BCUT2D eigenvalue weighted by molar-refractivity contribution is 7.90. The van der Waals surface area contributed by atoms with Gasteiger partial charge in [-0.15, -0.1) is 11.3 Å². The first-order valence-electron chi connectivity index (χ1n) is 7.40. The molecule has 8 heteroatoms. The Morgan fingerprint density at radius 2 is 2.00 bits per heavy atom. The van der Waals surface area contributed by atoms with Crippen LogP contribution < -0.4 is 5.32 Å². The van der Waals surface area contributed by atoms with Gasteiger partial charge in [-0.3, -0.25) is 4.79 Å². The lowest BCUT2D eigenvalue weighted by Crippen LogP contribution is -2.23. The summed E-state index contributed by atoms with van der Waals surface area (Å²) in [4.78, 5) is 23.5. The Bertz CT molecular complexity index is 925. The first-order valence-corrected chi connectivity index (χ1v) is 10.3. The van der Waals surface area contributed by atoms with Crippen LogP contribution in [0.15, 0.2) is 24.3 Å². The number of hydrogen-bond acceptors (Lipinski definition) is 5. The van der Waals surface area contributed by atoms with Crippen molar-refractivity contribution in [1.82, 2.24) is 0 Å². The van der Waals surface area contributed by atoms with Crippen LogP contribution in [0.25, 0.3) is 10.1 Å². The lowest BCUT2D eigenvalue weighted by atomic mass is 10.1. The van der Waals surface area contributed by atoms with Gasteiger partial charge in [0.15, 0.2) is 0 Å². The number of nitrogens with one attached hydrogen (secondary N) is 1. The molecule has 0 atom stereocenters. The lowest BCUT2D eigenvalue weighted by molar-refractivity contribution is -0.117. The number of carbonyl (C=O) groups excluding carboxylic acids is 1. The SMILES string of the molecule is CS(=O)(=O)CC1(CC(=O)Nc2ccc3sc(C(=O)O)cc3c2)CC1. The maximum absolute atomic E-state index is 12.2. The minimum absolute atomic E-state index is 0.0406. The average molecular weight is 367 g/mol. The molecule has 1 aromatic heterocycles. The molecule has 1 aliphatic rings. The molecule has 1 aliphatic carbocycles. The number of amides is 1. The van der Waals surface area contributed by atoms with Crippen molar-refractivity contribution in [2.75, 3.05) is 17.3 Å². The number of hydrogen-bond donors (Lipinski definition) is 2. The second-order valence-corrected chi connectivity index (χ2v) is 9.69. The fraction of sp³-hybridized carbons (Fsp3) is 0.375. The third-order valence-corrected chi connectivity index (χ3v) is 6.31. The predicted molar refractivity (Wildman–Crippen MR) is 93.4 cm³/mol. The number of fused-ring (bicyclic) bond motifs is 1. The Morgan fingerprint density at radius 1 is 1.29 bits per heavy atom. The van der Waals surface area contributed by atoms with Crippen LogP contribution in [0.1, 0.15) is 28.9 Å². The molecule has 0 aliphatic heterocycles. The zero-order chi connectivity index (χ0) is 17.5. The molecule has 0 saturated heterocycles. The highest BCUT2D eigenvalue weighted by atomic mass is 32.2. The van der Waals surface area contributed by atoms with E-state index in [-0.39, 0.29) is 23.0 Å². The van der Waals surface area contributed by atoms with Crippen LogP contribution in [-0.4, -0.2) is 37.4 Å². The standard InChI is InChI=1S/C16H17NO5S2/c1-24(21,22)9-16(4-5-16)8-14(18)17-11-2-3-12-10(6-11)7-13(23-12)15(19)20/h2-3,6-7H,4-5,8-9H2,1H3,(H,17,18)(H,19,20). The number of thiophene rings is 1. The molecule has 6 nitrogen and oxygen atoms in total. The van der Waals surface area contributed by atoms with Crippen molar-refractivity contribution >= 4 is 48.8 Å². The summed E-state index contributed by atoms with van der Waals surface area (Å²) in [6, 6.07) is 6.79. The van der Waals surface area contributed by atoms with Gasteiger partial charge in [0.2, 0.25) is 5.91 Å². The first kappa shape index (κ1) is 16.9. The molecule has 0 unspecified atom stereocenters. The van der Waals surface area contributed by atoms with Crippen molar-refractivity contribution in [2.24, 2.45) is 5.41 Å². The lowest BCUT2D eigenvalue weighted by Gasteiger charge is -2.13. The van der Waals surface area contributed by atoms with Gasteiger partial charge in [0, 0.05) is 23.1 Å². The third kappa shape index (κ3) is 3.93. The highest BCUT2D eigenvalue weighted by Crippen LogP contribution is 2.49. The number of carboxylic acids is 1. The molecular formula is C16H17NO5S2. The number of aromatic carboxylic acids is 1. The van der Waals surface area contributed by atoms with Crippen LogP contribution in [0.3, 0.4) is 0 Å². The Balaban J connectivity index is 1.70. The van der Waals surface area contributed by atoms with E-state index in [1.807, 2.05) is 0 Å². The summed E-state index contributed by atoms with van der Waals surface area (Å²) in [6.45, 7) is 0. The number of carbonyl (C=O) groups is 2. The van der Waals surface area contributed by atoms with E-state index in [0.717, 1.165) is 22.9 Å². The Morgan fingerprint density at radius 3 is 2.58 bits per heavy atom. The van der Waals surface area contributed by atoms with E-state index in [9.17, 15) is 18.0 Å². The van der Waals surface area contributed by atoms with Gasteiger partial charge in [0.25, 0.3) is 0 Å². The van der Waals surface area contributed by atoms with E-state index < -0.39 is 21.2 Å². The van der Waals surface area contributed by atoms with Gasteiger partial charge < -0.3 is 10.4 Å². The van der Waals surface area contributed by atoms with E-state index >= 15 is 0 Å². The normalized spacial score (nSPS) is 16.0. The maximum atomic E-state index is 12.2. The van der Waals surface area contributed by atoms with E-state index in [0.29, 0.717) is 5.69 Å². The van der Waals surface area contributed by atoms with Crippen LogP contribution in [0.5, 0.6) is 0 Å². The van der Waals surface area contributed by atoms with Crippen molar-refractivity contribution in [2.45, 2.75) is 19.3 Å². The van der Waals surface area contributed by atoms with Gasteiger partial charge in [-0.25, -0.2) is 13.2 Å². The molecule has 2 N–H and O–H groups in total. The van der Waals surface area contributed by atoms with Crippen molar-refractivity contribution in [3.63, 3.8) is 0 Å². The topological polar surface area (TPSA) is 101 Å². The molecule has 0 radical (unpaired) electrons. The van der Waals surface area contributed by atoms with Crippen LogP contribution in [0.2, 0.25) is 0 Å². The van der Waals surface area contributed by atoms with Crippen molar-refractivity contribution in [1.29, 1.82) is 0 Å². The second-order valence-electron chi connectivity index (χ2n) is 6.46. The van der Waals surface area contributed by atoms with Crippen LogP contribution in [-0.2, 0) is 14.6 Å². The van der Waals surface area contributed by atoms with Gasteiger partial charge >= 0.3 is 5.97 Å². The molecule has 1 heterocycles. The summed E-state index contributed by atoms with van der Waals surface area (Å²) in [5.41, 5.74) is 0.165. The molecule has 1 saturated carbocycles. The summed E-state index contributed by atoms with van der Waals surface area (Å²) < 4.78 is 23.7. The monoisotopic (exact) mass is 367 g/mol. The second kappa shape index (κ2) is 5.86. The summed E-state index contributed by atoms with van der Waals surface area (Å²) in [5, 5.41) is 12.6. The van der Waals surface area contributed by atoms with Gasteiger partial charge in [0.1, 0.15) is 14.7 Å². The third-order valence-electron chi connectivity index (χ3n) is 4.07. The summed E-state index contributed by atoms with van der Waals surface area (Å²) in [5.74, 6) is -1.15. The molecule has 3 rings (SSSR count). The average Bonchev–Trinajstić information content (AvgIpc) is 3.02. The summed E-state index contributed by atoms with van der Waals surface area (Å²) >= 11 is 1.18. The van der Waals surface area contributed by atoms with Crippen molar-refractivity contribution < 1.29 is 23.1 Å². The van der Waals surface area contributed by atoms with Gasteiger partial charge in [-0.2, -0.15) is 0 Å². The zero-order valence-electron chi connectivity index (χ0n) is 13.0. The van der Waals surface area contributed by atoms with Crippen molar-refractivity contribution in [3.05, 3.63) is 29.1 Å². The predicted octanol–water partition coefficient (Wildman–Crippen LogP) is 2.75. The zero-order valence-corrected chi connectivity index (χ0v) is 14.7. The fourth-order valence-corrected chi connectivity index (χ4v) is 5.26. The van der Waals surface area contributed by atoms with E-state index in [2.05, 4.69) is 5.32 Å². The Labute approximate surface area is 143 Å². The number of rotatable bonds is 6. The van der Waals surface area contributed by atoms with Crippen LogP contribution in [0, 0.1) is 5.41 Å². The molecule has 128 valence electrons. The molecule has 1 aromatic carbocycles. The van der Waals surface area contributed by atoms with E-state index in [1.165, 1.54) is 17.6 Å². The molecule has 24 heavy (non-hydrogen) atoms. The minimum atomic E-state index is -3.11.